The van der Waals surface area contributed by atoms with Crippen molar-refractivity contribution in [1.29, 1.82) is 0 Å². The van der Waals surface area contributed by atoms with E-state index >= 15 is 0 Å². The van der Waals surface area contributed by atoms with Gasteiger partial charge < -0.3 is 20.5 Å². The highest BCUT2D eigenvalue weighted by Gasteiger charge is 2.57. The van der Waals surface area contributed by atoms with Crippen LogP contribution >= 0.6 is 0 Å². The molecule has 31 heavy (non-hydrogen) atoms. The maximum Gasteiger partial charge on any atom is 0.324 e. The predicted octanol–water partition coefficient (Wildman–Crippen LogP) is 3.28. The minimum absolute atomic E-state index is 0.224. The zero-order valence-electron chi connectivity index (χ0n) is 17.3. The molecule has 1 heterocycles. The molecule has 4 rings (SSSR count). The molecule has 162 valence electrons. The maximum absolute atomic E-state index is 14.3. The Kier molecular flexibility index (Phi) is 5.39. The Morgan fingerprint density at radius 3 is 2.48 bits per heavy atom. The van der Waals surface area contributed by atoms with E-state index < -0.39 is 23.2 Å². The van der Waals surface area contributed by atoms with Crippen molar-refractivity contribution in [3.05, 3.63) is 65.0 Å². The highest BCUT2D eigenvalue weighted by Crippen LogP contribution is 2.55. The van der Waals surface area contributed by atoms with Gasteiger partial charge in [-0.2, -0.15) is 0 Å². The molecule has 3 N–H and O–H groups in total. The predicted molar refractivity (Wildman–Crippen MR) is 114 cm³/mol. The van der Waals surface area contributed by atoms with Gasteiger partial charge in [0.1, 0.15) is 17.6 Å². The molecule has 2 aromatic rings. The van der Waals surface area contributed by atoms with Crippen molar-refractivity contribution in [3.8, 4) is 0 Å². The molecule has 1 amide bonds. The molecule has 0 aromatic heterocycles. The fourth-order valence-corrected chi connectivity index (χ4v) is 5.04. The number of aliphatic carboxylic acids is 1. The molecule has 4 atom stereocenters. The summed E-state index contributed by atoms with van der Waals surface area (Å²) in [6.45, 7) is 2.03. The lowest BCUT2D eigenvalue weighted by Crippen LogP contribution is -2.64. The average Bonchev–Trinajstić information content (AvgIpc) is 2.74. The van der Waals surface area contributed by atoms with Gasteiger partial charge in [0.2, 0.25) is 0 Å². The lowest BCUT2D eigenvalue weighted by Gasteiger charge is -2.55. The largest absolute Gasteiger partial charge is 0.480 e. The summed E-state index contributed by atoms with van der Waals surface area (Å²) in [6, 6.07) is 11.0. The van der Waals surface area contributed by atoms with Gasteiger partial charge in [0.15, 0.2) is 0 Å². The summed E-state index contributed by atoms with van der Waals surface area (Å²) in [4.78, 5) is 38.5. The summed E-state index contributed by atoms with van der Waals surface area (Å²) in [6.07, 6.45) is 2.34. The van der Waals surface area contributed by atoms with Crippen LogP contribution in [0.1, 0.15) is 53.6 Å². The first-order valence-corrected chi connectivity index (χ1v) is 10.5. The quantitative estimate of drug-likeness (QED) is 0.693. The van der Waals surface area contributed by atoms with Crippen molar-refractivity contribution in [2.75, 3.05) is 4.90 Å². The molecule has 2 aromatic carbocycles. The molecule has 2 unspecified atom stereocenters. The van der Waals surface area contributed by atoms with Crippen LogP contribution < -0.4 is 10.6 Å². The van der Waals surface area contributed by atoms with Crippen molar-refractivity contribution in [2.45, 2.75) is 50.1 Å². The van der Waals surface area contributed by atoms with E-state index in [1.54, 1.807) is 17.0 Å². The lowest BCUT2D eigenvalue weighted by molar-refractivity contribution is -0.147. The number of fused-ring (bicyclic) bond motifs is 2. The van der Waals surface area contributed by atoms with Gasteiger partial charge in [-0.3, -0.25) is 9.59 Å². The number of anilines is 1. The minimum Gasteiger partial charge on any atom is -0.480 e. The minimum atomic E-state index is -1.82. The molecule has 7 heteroatoms. The number of aldehydes is 1. The summed E-state index contributed by atoms with van der Waals surface area (Å²) in [7, 11) is 0. The van der Waals surface area contributed by atoms with Crippen LogP contribution in [0.2, 0.25) is 0 Å². The van der Waals surface area contributed by atoms with Gasteiger partial charge in [-0.05, 0) is 60.6 Å². The van der Waals surface area contributed by atoms with Crippen LogP contribution in [0.15, 0.2) is 42.5 Å². The van der Waals surface area contributed by atoms with E-state index in [9.17, 15) is 23.9 Å². The number of hydrogen-bond donors (Lipinski definition) is 2. The highest BCUT2D eigenvalue weighted by atomic mass is 19.1. The summed E-state index contributed by atoms with van der Waals surface area (Å²) in [5.74, 6) is -2.98. The van der Waals surface area contributed by atoms with Crippen molar-refractivity contribution < 1.29 is 23.9 Å². The SMILES string of the molecule is CCc1ccc(C(=O)N2c3cc(F)ccc3C(C(N)(CC=O)C(=O)O)[C@H]3CC[C@H]32)cc1. The molecular weight excluding hydrogens is 399 g/mol. The molecular formula is C24H25FN2O4. The standard InChI is InChI=1S/C24H25FN2O4/c1-2-14-3-5-15(6-4-14)22(29)27-19-10-9-17(19)21(24(26,11-12-28)23(30)31)18-8-7-16(25)13-20(18)27/h3-8,12-13,17,19,21H,2,9-11,26H2,1H3,(H,30,31)/t17-,19+,21?,24?/m0/s1. The topological polar surface area (TPSA) is 101 Å². The van der Waals surface area contributed by atoms with Crippen molar-refractivity contribution in [1.82, 2.24) is 0 Å². The normalized spacial score (nSPS) is 23.7. The second kappa shape index (κ2) is 7.89. The molecule has 0 spiro atoms. The smallest absolute Gasteiger partial charge is 0.324 e. The summed E-state index contributed by atoms with van der Waals surface area (Å²) in [5.41, 5.74) is 6.89. The Balaban J connectivity index is 1.84. The van der Waals surface area contributed by atoms with Gasteiger partial charge in [-0.25, -0.2) is 4.39 Å². The fourth-order valence-electron chi connectivity index (χ4n) is 5.04. The van der Waals surface area contributed by atoms with Crippen LogP contribution in [0.3, 0.4) is 0 Å². The average molecular weight is 424 g/mol. The third-order valence-electron chi connectivity index (χ3n) is 6.84. The third-order valence-corrected chi connectivity index (χ3v) is 6.84. The first kappa shape index (κ1) is 21.2. The molecule has 1 aliphatic heterocycles. The van der Waals surface area contributed by atoms with Gasteiger partial charge >= 0.3 is 5.97 Å². The number of rotatable bonds is 6. The van der Waals surface area contributed by atoms with Crippen LogP contribution in [0, 0.1) is 11.7 Å². The van der Waals surface area contributed by atoms with Crippen molar-refractivity contribution >= 4 is 23.9 Å². The van der Waals surface area contributed by atoms with E-state index in [0.29, 0.717) is 35.9 Å². The lowest BCUT2D eigenvalue weighted by atomic mass is 9.58. The monoisotopic (exact) mass is 424 g/mol. The Morgan fingerprint density at radius 1 is 1.23 bits per heavy atom. The van der Waals surface area contributed by atoms with Gasteiger partial charge in [-0.15, -0.1) is 0 Å². The number of hydrogen-bond acceptors (Lipinski definition) is 4. The zero-order valence-corrected chi connectivity index (χ0v) is 17.3. The summed E-state index contributed by atoms with van der Waals surface area (Å²) < 4.78 is 14.3. The number of nitrogens with two attached hydrogens (primary N) is 1. The number of carbonyl (C=O) groups is 3. The third kappa shape index (κ3) is 3.33. The van der Waals surface area contributed by atoms with E-state index in [1.165, 1.54) is 18.2 Å². The van der Waals surface area contributed by atoms with Crippen LogP contribution in [-0.4, -0.2) is 34.8 Å². The van der Waals surface area contributed by atoms with Crippen molar-refractivity contribution in [2.24, 2.45) is 11.7 Å². The summed E-state index contributed by atoms with van der Waals surface area (Å²) >= 11 is 0. The van der Waals surface area contributed by atoms with Gasteiger partial charge in [0, 0.05) is 23.9 Å². The fraction of sp³-hybridized carbons (Fsp3) is 0.375. The van der Waals surface area contributed by atoms with Crippen LogP contribution in [0.5, 0.6) is 0 Å². The number of carboxylic acid groups (broad SMARTS) is 1. The second-order valence-corrected chi connectivity index (χ2v) is 8.43. The number of carbonyl (C=O) groups excluding carboxylic acids is 2. The first-order valence-electron chi connectivity index (χ1n) is 10.5. The van der Waals surface area contributed by atoms with E-state index in [4.69, 9.17) is 5.73 Å². The number of aryl methyl sites for hydroxylation is 1. The van der Waals surface area contributed by atoms with Gasteiger partial charge in [-0.1, -0.05) is 25.1 Å². The van der Waals surface area contributed by atoms with Crippen LogP contribution in [-0.2, 0) is 16.0 Å². The van der Waals surface area contributed by atoms with E-state index in [0.717, 1.165) is 12.0 Å². The maximum atomic E-state index is 14.3. The zero-order chi connectivity index (χ0) is 22.3. The first-order chi connectivity index (χ1) is 14.8. The number of nitrogens with zero attached hydrogens (tertiary/aromatic N) is 1. The molecule has 1 fully saturated rings. The second-order valence-electron chi connectivity index (χ2n) is 8.43. The van der Waals surface area contributed by atoms with Crippen LogP contribution in [0.4, 0.5) is 10.1 Å². The summed E-state index contributed by atoms with van der Waals surface area (Å²) in [5, 5.41) is 9.89. The molecule has 6 nitrogen and oxygen atoms in total. The van der Waals surface area contributed by atoms with E-state index in [1.807, 2.05) is 19.1 Å². The molecule has 1 saturated carbocycles. The van der Waals surface area contributed by atoms with Gasteiger partial charge in [0.05, 0.1) is 5.69 Å². The Morgan fingerprint density at radius 2 is 1.94 bits per heavy atom. The number of carboxylic acids is 1. The Bertz CT molecular complexity index is 1040. The van der Waals surface area contributed by atoms with Gasteiger partial charge in [0.25, 0.3) is 5.91 Å². The Hall–Kier alpha value is -3.06. The molecule has 1 aliphatic carbocycles. The molecule has 0 radical (unpaired) electrons. The van der Waals surface area contributed by atoms with E-state index in [-0.39, 0.29) is 24.3 Å². The Labute approximate surface area is 179 Å². The number of amides is 1. The number of halogens is 1. The number of benzene rings is 2. The van der Waals surface area contributed by atoms with E-state index in [2.05, 4.69) is 0 Å². The highest BCUT2D eigenvalue weighted by molar-refractivity contribution is 6.07. The molecule has 0 bridgehead atoms. The molecule has 2 aliphatic rings. The van der Waals surface area contributed by atoms with Crippen molar-refractivity contribution in [3.63, 3.8) is 0 Å². The molecule has 0 saturated heterocycles. The van der Waals surface area contributed by atoms with Crippen LogP contribution in [0.25, 0.3) is 0 Å².